The van der Waals surface area contributed by atoms with E-state index in [1.807, 2.05) is 0 Å². The summed E-state index contributed by atoms with van der Waals surface area (Å²) in [5.74, 6) is -1.38. The van der Waals surface area contributed by atoms with Crippen molar-refractivity contribution in [2.75, 3.05) is 26.4 Å². The molecule has 1 unspecified atom stereocenters. The standard InChI is InChI=1S/C18H17F2N3O5/c19-7-12(20)10-27-13-4-11(18(25)26)5-14(6-13)28-16-9-21-15(8-22-16)17(24)23-2-1-3-23/h4-6,8-9,12H,1-3,7,10H2,(H,25,26). The second-order valence-corrected chi connectivity index (χ2v) is 6.05. The molecule has 3 rings (SSSR count). The van der Waals surface area contributed by atoms with Crippen molar-refractivity contribution < 1.29 is 33.0 Å². The van der Waals surface area contributed by atoms with Crippen LogP contribution in [0.1, 0.15) is 27.3 Å². The Hall–Kier alpha value is -3.30. The van der Waals surface area contributed by atoms with Gasteiger partial charge in [-0.2, -0.15) is 0 Å². The fourth-order valence-corrected chi connectivity index (χ4v) is 2.35. The van der Waals surface area contributed by atoms with Crippen LogP contribution in [0.25, 0.3) is 0 Å². The molecule has 1 atom stereocenters. The fourth-order valence-electron chi connectivity index (χ4n) is 2.35. The maximum absolute atomic E-state index is 13.0. The van der Waals surface area contributed by atoms with E-state index in [-0.39, 0.29) is 34.5 Å². The number of nitrogens with zero attached hydrogens (tertiary/aromatic N) is 3. The van der Waals surface area contributed by atoms with Crippen LogP contribution in [0.3, 0.4) is 0 Å². The highest BCUT2D eigenvalue weighted by Gasteiger charge is 2.23. The molecule has 0 spiro atoms. The Bertz CT molecular complexity index is 859. The lowest BCUT2D eigenvalue weighted by molar-refractivity contribution is 0.0643. The van der Waals surface area contributed by atoms with E-state index in [1.165, 1.54) is 30.6 Å². The molecule has 1 aliphatic rings. The Kier molecular flexibility index (Phi) is 5.97. The number of halogens is 2. The maximum Gasteiger partial charge on any atom is 0.335 e. The minimum absolute atomic E-state index is 0.00328. The van der Waals surface area contributed by atoms with Crippen molar-refractivity contribution >= 4 is 11.9 Å². The highest BCUT2D eigenvalue weighted by Crippen LogP contribution is 2.27. The van der Waals surface area contributed by atoms with Gasteiger partial charge < -0.3 is 19.5 Å². The van der Waals surface area contributed by atoms with Crippen LogP contribution in [0, 0.1) is 0 Å². The Labute approximate surface area is 158 Å². The van der Waals surface area contributed by atoms with Crippen molar-refractivity contribution in [2.45, 2.75) is 12.6 Å². The van der Waals surface area contributed by atoms with Crippen LogP contribution in [0.2, 0.25) is 0 Å². The van der Waals surface area contributed by atoms with Crippen LogP contribution in [0.4, 0.5) is 8.78 Å². The molecule has 10 heteroatoms. The molecule has 148 valence electrons. The molecule has 1 fully saturated rings. The number of hydrogen-bond acceptors (Lipinski definition) is 6. The molecular formula is C18H17F2N3O5. The topological polar surface area (TPSA) is 102 Å². The Morgan fingerprint density at radius 2 is 1.93 bits per heavy atom. The van der Waals surface area contributed by atoms with Gasteiger partial charge in [0.05, 0.1) is 18.0 Å². The monoisotopic (exact) mass is 393 g/mol. The molecule has 0 aliphatic carbocycles. The molecule has 1 aromatic heterocycles. The normalized spacial score (nSPS) is 14.1. The summed E-state index contributed by atoms with van der Waals surface area (Å²) in [7, 11) is 0. The van der Waals surface area contributed by atoms with E-state index in [1.54, 1.807) is 4.90 Å². The molecule has 28 heavy (non-hydrogen) atoms. The van der Waals surface area contributed by atoms with Gasteiger partial charge in [0.25, 0.3) is 5.91 Å². The fraction of sp³-hybridized carbons (Fsp3) is 0.333. The lowest BCUT2D eigenvalue weighted by Crippen LogP contribution is -2.42. The van der Waals surface area contributed by atoms with E-state index in [9.17, 15) is 23.5 Å². The zero-order valence-electron chi connectivity index (χ0n) is 14.7. The number of likely N-dealkylation sites (tertiary alicyclic amines) is 1. The number of benzene rings is 1. The summed E-state index contributed by atoms with van der Waals surface area (Å²) in [6.07, 6.45) is 1.64. The van der Waals surface area contributed by atoms with Crippen LogP contribution < -0.4 is 9.47 Å². The summed E-state index contributed by atoms with van der Waals surface area (Å²) in [5, 5.41) is 9.19. The van der Waals surface area contributed by atoms with E-state index in [0.717, 1.165) is 6.42 Å². The first-order valence-corrected chi connectivity index (χ1v) is 8.46. The first kappa shape index (κ1) is 19.5. The Balaban J connectivity index is 1.73. The summed E-state index contributed by atoms with van der Waals surface area (Å²) in [4.78, 5) is 33.0. The number of aromatic nitrogens is 2. The Morgan fingerprint density at radius 3 is 2.50 bits per heavy atom. The largest absolute Gasteiger partial charge is 0.490 e. The highest BCUT2D eigenvalue weighted by atomic mass is 19.2. The van der Waals surface area contributed by atoms with Gasteiger partial charge in [-0.1, -0.05) is 0 Å². The number of carboxylic acid groups (broad SMARTS) is 1. The van der Waals surface area contributed by atoms with Gasteiger partial charge in [-0.05, 0) is 18.6 Å². The summed E-state index contributed by atoms with van der Waals surface area (Å²) < 4.78 is 35.8. The molecule has 1 N–H and O–H groups in total. The molecule has 0 saturated carbocycles. The van der Waals surface area contributed by atoms with Crippen molar-refractivity contribution in [3.8, 4) is 17.4 Å². The van der Waals surface area contributed by atoms with E-state index in [2.05, 4.69) is 9.97 Å². The zero-order valence-corrected chi connectivity index (χ0v) is 14.7. The van der Waals surface area contributed by atoms with Gasteiger partial charge in [0.2, 0.25) is 5.88 Å². The first-order valence-electron chi connectivity index (χ1n) is 8.46. The molecule has 2 aromatic rings. The van der Waals surface area contributed by atoms with E-state index in [0.29, 0.717) is 13.1 Å². The molecule has 0 bridgehead atoms. The van der Waals surface area contributed by atoms with E-state index >= 15 is 0 Å². The second kappa shape index (κ2) is 8.59. The number of ether oxygens (including phenoxy) is 2. The Morgan fingerprint density at radius 1 is 1.18 bits per heavy atom. The number of carbonyl (C=O) groups is 2. The van der Waals surface area contributed by atoms with Crippen LogP contribution in [0.5, 0.6) is 17.4 Å². The molecule has 1 aromatic carbocycles. The van der Waals surface area contributed by atoms with Crippen molar-refractivity contribution in [2.24, 2.45) is 0 Å². The SMILES string of the molecule is O=C(O)c1cc(OCC(F)CF)cc(Oc2cnc(C(=O)N3CCC3)cn2)c1. The third-order valence-electron chi connectivity index (χ3n) is 3.94. The number of alkyl halides is 2. The maximum atomic E-state index is 13.0. The van der Waals surface area contributed by atoms with Gasteiger partial charge in [0.1, 0.15) is 30.5 Å². The van der Waals surface area contributed by atoms with Gasteiger partial charge >= 0.3 is 5.97 Å². The van der Waals surface area contributed by atoms with E-state index in [4.69, 9.17) is 9.47 Å². The summed E-state index contributed by atoms with van der Waals surface area (Å²) in [6, 6.07) is 3.71. The highest BCUT2D eigenvalue weighted by molar-refractivity contribution is 5.92. The van der Waals surface area contributed by atoms with Crippen LogP contribution in [0.15, 0.2) is 30.6 Å². The number of carbonyl (C=O) groups excluding carboxylic acids is 1. The van der Waals surface area contributed by atoms with Gasteiger partial charge in [0.15, 0.2) is 6.17 Å². The lowest BCUT2D eigenvalue weighted by Gasteiger charge is -2.30. The van der Waals surface area contributed by atoms with Crippen molar-refractivity contribution in [1.82, 2.24) is 14.9 Å². The summed E-state index contributed by atoms with van der Waals surface area (Å²) in [5.41, 5.74) is 0.0104. The molecule has 0 radical (unpaired) electrons. The molecule has 8 nitrogen and oxygen atoms in total. The lowest BCUT2D eigenvalue weighted by atomic mass is 10.2. The number of carboxylic acids is 1. The number of hydrogen-bond donors (Lipinski definition) is 1. The predicted octanol–water partition coefficient (Wildman–Crippen LogP) is 2.50. The molecule has 1 saturated heterocycles. The molecule has 1 aliphatic heterocycles. The average molecular weight is 393 g/mol. The van der Waals surface area contributed by atoms with Crippen molar-refractivity contribution in [3.63, 3.8) is 0 Å². The predicted molar refractivity (Wildman–Crippen MR) is 92.4 cm³/mol. The molecule has 1 amide bonds. The van der Waals surface area contributed by atoms with Crippen LogP contribution in [-0.4, -0.2) is 64.4 Å². The minimum Gasteiger partial charge on any atom is -0.490 e. The average Bonchev–Trinajstić information content (AvgIpc) is 2.65. The number of amides is 1. The van der Waals surface area contributed by atoms with Gasteiger partial charge in [0, 0.05) is 19.2 Å². The number of aromatic carboxylic acids is 1. The first-order chi connectivity index (χ1) is 13.5. The quantitative estimate of drug-likeness (QED) is 0.735. The minimum atomic E-state index is -1.82. The summed E-state index contributed by atoms with van der Waals surface area (Å²) in [6.45, 7) is -0.399. The van der Waals surface area contributed by atoms with Gasteiger partial charge in [-0.3, -0.25) is 4.79 Å². The smallest absolute Gasteiger partial charge is 0.335 e. The van der Waals surface area contributed by atoms with Crippen LogP contribution >= 0.6 is 0 Å². The third kappa shape index (κ3) is 4.70. The van der Waals surface area contributed by atoms with Gasteiger partial charge in [-0.25, -0.2) is 23.5 Å². The molecular weight excluding hydrogens is 376 g/mol. The summed E-state index contributed by atoms with van der Waals surface area (Å²) >= 11 is 0. The van der Waals surface area contributed by atoms with Gasteiger partial charge in [-0.15, -0.1) is 0 Å². The second-order valence-electron chi connectivity index (χ2n) is 6.05. The van der Waals surface area contributed by atoms with Crippen molar-refractivity contribution in [1.29, 1.82) is 0 Å². The van der Waals surface area contributed by atoms with E-state index < -0.39 is 25.4 Å². The third-order valence-corrected chi connectivity index (χ3v) is 3.94. The van der Waals surface area contributed by atoms with Crippen molar-refractivity contribution in [3.05, 3.63) is 41.9 Å². The zero-order chi connectivity index (χ0) is 20.1. The number of rotatable bonds is 8. The molecule has 2 heterocycles. The van der Waals surface area contributed by atoms with Crippen LogP contribution in [-0.2, 0) is 0 Å².